The quantitative estimate of drug-likeness (QED) is 0.715. The Labute approximate surface area is 112 Å². The van der Waals surface area contributed by atoms with Crippen LogP contribution in [0.2, 0.25) is 0 Å². The van der Waals surface area contributed by atoms with E-state index in [4.69, 9.17) is 0 Å². The average Bonchev–Trinajstić information content (AvgIpc) is 2.48. The van der Waals surface area contributed by atoms with Crippen molar-refractivity contribution in [2.75, 3.05) is 11.9 Å². The first kappa shape index (κ1) is 12.1. The van der Waals surface area contributed by atoms with Crippen molar-refractivity contribution in [2.45, 2.75) is 31.8 Å². The van der Waals surface area contributed by atoms with E-state index >= 15 is 0 Å². The van der Waals surface area contributed by atoms with Crippen LogP contribution < -0.4 is 0 Å². The van der Waals surface area contributed by atoms with Gasteiger partial charge in [0.15, 0.2) is 0 Å². The van der Waals surface area contributed by atoms with Crippen molar-refractivity contribution in [1.29, 1.82) is 0 Å². The van der Waals surface area contributed by atoms with E-state index in [0.717, 1.165) is 17.9 Å². The fraction of sp³-hybridized carbons (Fsp3) is 0.636. The third-order valence-electron chi connectivity index (χ3n) is 2.94. The zero-order valence-electron chi connectivity index (χ0n) is 8.59. The maximum absolute atomic E-state index is 3.54. The van der Waals surface area contributed by atoms with Crippen molar-refractivity contribution in [1.82, 2.24) is 4.90 Å². The summed E-state index contributed by atoms with van der Waals surface area (Å²) in [5.74, 6) is 0. The topological polar surface area (TPSA) is 3.24 Å². The van der Waals surface area contributed by atoms with Crippen LogP contribution in [0.3, 0.4) is 0 Å². The summed E-state index contributed by atoms with van der Waals surface area (Å²) in [6.07, 6.45) is 4.19. The summed E-state index contributed by atoms with van der Waals surface area (Å²) in [6, 6.07) is 3.08. The molecule has 0 unspecified atom stereocenters. The maximum Gasteiger partial charge on any atom is 0.0331 e. The Bertz CT molecular complexity index is 309. The summed E-state index contributed by atoms with van der Waals surface area (Å²) in [7, 11) is 0. The highest BCUT2D eigenvalue weighted by molar-refractivity contribution is 9.10. The standard InChI is InChI=1S/C11H15Br2NS/c12-4-5-14(10-2-1-3-10)7-11-6-9(13)8-15-11/h6,8,10H,1-5,7H2. The molecule has 4 heteroatoms. The fourth-order valence-corrected chi connectivity index (χ4v) is 3.82. The predicted octanol–water partition coefficient (Wildman–Crippen LogP) is 4.26. The van der Waals surface area contributed by atoms with Crippen LogP contribution in [0.5, 0.6) is 0 Å². The smallest absolute Gasteiger partial charge is 0.0331 e. The molecule has 1 aromatic heterocycles. The largest absolute Gasteiger partial charge is 0.294 e. The molecule has 15 heavy (non-hydrogen) atoms. The molecular formula is C11H15Br2NS. The van der Waals surface area contributed by atoms with Gasteiger partial charge in [-0.25, -0.2) is 0 Å². The van der Waals surface area contributed by atoms with Crippen LogP contribution in [0.25, 0.3) is 0 Å². The zero-order valence-corrected chi connectivity index (χ0v) is 12.6. The second-order valence-corrected chi connectivity index (χ2v) is 6.68. The Morgan fingerprint density at radius 3 is 2.73 bits per heavy atom. The van der Waals surface area contributed by atoms with Gasteiger partial charge < -0.3 is 0 Å². The van der Waals surface area contributed by atoms with Gasteiger partial charge in [0.25, 0.3) is 0 Å². The molecule has 1 nitrogen and oxygen atoms in total. The van der Waals surface area contributed by atoms with Gasteiger partial charge in [-0.3, -0.25) is 4.90 Å². The molecule has 1 aliphatic carbocycles. The highest BCUT2D eigenvalue weighted by atomic mass is 79.9. The average molecular weight is 353 g/mol. The molecule has 0 atom stereocenters. The SMILES string of the molecule is BrCCN(Cc1cc(Br)cs1)C1CCC1. The number of nitrogens with zero attached hydrogens (tertiary/aromatic N) is 1. The monoisotopic (exact) mass is 351 g/mol. The van der Waals surface area contributed by atoms with E-state index in [1.807, 2.05) is 11.3 Å². The molecular weight excluding hydrogens is 338 g/mol. The van der Waals surface area contributed by atoms with E-state index < -0.39 is 0 Å². The number of hydrogen-bond donors (Lipinski definition) is 0. The minimum absolute atomic E-state index is 0.837. The van der Waals surface area contributed by atoms with Gasteiger partial charge in [0.05, 0.1) is 0 Å². The highest BCUT2D eigenvalue weighted by Gasteiger charge is 2.24. The first-order valence-electron chi connectivity index (χ1n) is 5.32. The summed E-state index contributed by atoms with van der Waals surface area (Å²) in [4.78, 5) is 4.08. The van der Waals surface area contributed by atoms with E-state index in [0.29, 0.717) is 0 Å². The van der Waals surface area contributed by atoms with Crippen molar-refractivity contribution < 1.29 is 0 Å². The van der Waals surface area contributed by atoms with Crippen LogP contribution in [0.1, 0.15) is 24.1 Å². The lowest BCUT2D eigenvalue weighted by atomic mass is 9.91. The molecule has 1 fully saturated rings. The summed E-state index contributed by atoms with van der Waals surface area (Å²) in [6.45, 7) is 2.28. The molecule has 0 saturated heterocycles. The third-order valence-corrected chi connectivity index (χ3v) is 4.98. The number of thiophene rings is 1. The normalized spacial score (nSPS) is 17.0. The lowest BCUT2D eigenvalue weighted by Crippen LogP contribution is -2.40. The Hall–Kier alpha value is 0.620. The first-order chi connectivity index (χ1) is 7.29. The maximum atomic E-state index is 3.54. The van der Waals surface area contributed by atoms with Gasteiger partial charge in [0.2, 0.25) is 0 Å². The molecule has 1 aromatic rings. The van der Waals surface area contributed by atoms with Crippen LogP contribution in [-0.2, 0) is 6.54 Å². The molecule has 0 aliphatic heterocycles. The molecule has 0 radical (unpaired) electrons. The molecule has 0 aromatic carbocycles. The van der Waals surface area contributed by atoms with E-state index in [2.05, 4.69) is 48.2 Å². The van der Waals surface area contributed by atoms with Crippen molar-refractivity contribution in [2.24, 2.45) is 0 Å². The third kappa shape index (κ3) is 3.29. The fourth-order valence-electron chi connectivity index (χ4n) is 1.89. The van der Waals surface area contributed by atoms with Crippen LogP contribution >= 0.6 is 43.2 Å². The van der Waals surface area contributed by atoms with Gasteiger partial charge in [-0.05, 0) is 34.8 Å². The number of rotatable bonds is 5. The Balaban J connectivity index is 1.93. The minimum atomic E-state index is 0.837. The molecule has 1 saturated carbocycles. The second-order valence-electron chi connectivity index (χ2n) is 3.98. The van der Waals surface area contributed by atoms with Gasteiger partial charge in [-0.2, -0.15) is 0 Å². The first-order valence-corrected chi connectivity index (χ1v) is 8.12. The Morgan fingerprint density at radius 1 is 1.47 bits per heavy atom. The minimum Gasteiger partial charge on any atom is -0.294 e. The van der Waals surface area contributed by atoms with Gasteiger partial charge in [-0.15, -0.1) is 11.3 Å². The Morgan fingerprint density at radius 2 is 2.27 bits per heavy atom. The van der Waals surface area contributed by atoms with E-state index in [-0.39, 0.29) is 0 Å². The highest BCUT2D eigenvalue weighted by Crippen LogP contribution is 2.28. The molecule has 1 aliphatic rings. The Kier molecular flexibility index (Phi) is 4.68. The van der Waals surface area contributed by atoms with E-state index in [1.54, 1.807) is 0 Å². The van der Waals surface area contributed by atoms with Gasteiger partial charge in [-0.1, -0.05) is 22.4 Å². The lowest BCUT2D eigenvalue weighted by Gasteiger charge is -2.37. The van der Waals surface area contributed by atoms with Crippen LogP contribution in [0.15, 0.2) is 15.9 Å². The summed E-state index contributed by atoms with van der Waals surface area (Å²) >= 11 is 8.91. The van der Waals surface area contributed by atoms with E-state index in [1.165, 1.54) is 35.2 Å². The zero-order chi connectivity index (χ0) is 10.7. The van der Waals surface area contributed by atoms with Crippen molar-refractivity contribution in [3.63, 3.8) is 0 Å². The molecule has 0 spiro atoms. The predicted molar refractivity (Wildman–Crippen MR) is 73.9 cm³/mol. The summed E-state index contributed by atoms with van der Waals surface area (Å²) in [5.41, 5.74) is 0. The molecule has 0 amide bonds. The van der Waals surface area contributed by atoms with Gasteiger partial charge in [0, 0.05) is 39.2 Å². The number of halogens is 2. The van der Waals surface area contributed by atoms with E-state index in [9.17, 15) is 0 Å². The van der Waals surface area contributed by atoms with Gasteiger partial charge >= 0.3 is 0 Å². The van der Waals surface area contributed by atoms with Crippen molar-refractivity contribution in [3.8, 4) is 0 Å². The molecule has 2 rings (SSSR count). The lowest BCUT2D eigenvalue weighted by molar-refractivity contribution is 0.129. The molecule has 0 N–H and O–H groups in total. The van der Waals surface area contributed by atoms with Crippen molar-refractivity contribution in [3.05, 3.63) is 20.8 Å². The summed E-state index contributed by atoms with van der Waals surface area (Å²) < 4.78 is 1.22. The molecule has 1 heterocycles. The van der Waals surface area contributed by atoms with Gasteiger partial charge in [0.1, 0.15) is 0 Å². The van der Waals surface area contributed by atoms with Crippen LogP contribution in [0.4, 0.5) is 0 Å². The molecule has 84 valence electrons. The molecule has 0 bridgehead atoms. The number of hydrogen-bond acceptors (Lipinski definition) is 2. The van der Waals surface area contributed by atoms with Crippen molar-refractivity contribution >= 4 is 43.2 Å². The number of alkyl halides is 1. The van der Waals surface area contributed by atoms with Crippen LogP contribution in [-0.4, -0.2) is 22.8 Å². The summed E-state index contributed by atoms with van der Waals surface area (Å²) in [5, 5.41) is 3.25. The second kappa shape index (κ2) is 5.80. The van der Waals surface area contributed by atoms with Crippen LogP contribution in [0, 0.1) is 0 Å².